The fourth-order valence-corrected chi connectivity index (χ4v) is 1.32. The van der Waals surface area contributed by atoms with Crippen molar-refractivity contribution in [2.75, 3.05) is 13.2 Å². The van der Waals surface area contributed by atoms with Crippen molar-refractivity contribution in [2.45, 2.75) is 13.3 Å². The molecule has 0 radical (unpaired) electrons. The van der Waals surface area contributed by atoms with Crippen LogP contribution >= 0.6 is 0 Å². The normalized spacial score (nSPS) is 9.79. The lowest BCUT2D eigenvalue weighted by atomic mass is 10.4. The van der Waals surface area contributed by atoms with Crippen LogP contribution in [0.25, 0.3) is 0 Å². The van der Waals surface area contributed by atoms with Crippen LogP contribution in [0.1, 0.15) is 23.8 Å². The monoisotopic (exact) mass is 267 g/mol. The number of imide groups is 1. The highest BCUT2D eigenvalue weighted by molar-refractivity contribution is 5.96. The summed E-state index contributed by atoms with van der Waals surface area (Å²) in [5, 5.41) is 4.53. The fraction of sp³-hybridized carbons (Fsp3) is 0.417. The highest BCUT2D eigenvalue weighted by atomic mass is 16.5. The lowest BCUT2D eigenvalue weighted by Gasteiger charge is -2.07. The largest absolute Gasteiger partial charge is 0.451 e. The van der Waals surface area contributed by atoms with E-state index in [2.05, 4.69) is 10.6 Å². The summed E-state index contributed by atoms with van der Waals surface area (Å²) < 4.78 is 6.36. The zero-order valence-electron chi connectivity index (χ0n) is 10.9. The predicted octanol–water partition coefficient (Wildman–Crippen LogP) is 0.418. The molecule has 0 fully saturated rings. The van der Waals surface area contributed by atoms with Crippen molar-refractivity contribution >= 4 is 17.9 Å². The molecule has 0 aliphatic rings. The number of esters is 1. The molecule has 1 rings (SSSR count). The van der Waals surface area contributed by atoms with Crippen molar-refractivity contribution < 1.29 is 19.1 Å². The molecule has 0 bridgehead atoms. The van der Waals surface area contributed by atoms with Crippen LogP contribution in [0.5, 0.6) is 0 Å². The number of carbonyl (C=O) groups excluding carboxylic acids is 3. The van der Waals surface area contributed by atoms with E-state index >= 15 is 0 Å². The second kappa shape index (κ2) is 7.20. The van der Waals surface area contributed by atoms with E-state index < -0.39 is 24.5 Å². The molecule has 1 aromatic rings. The van der Waals surface area contributed by atoms with Crippen LogP contribution in [-0.2, 0) is 16.6 Å². The van der Waals surface area contributed by atoms with Gasteiger partial charge in [0.1, 0.15) is 5.69 Å². The van der Waals surface area contributed by atoms with Gasteiger partial charge in [0.05, 0.1) is 0 Å². The number of rotatable bonds is 5. The Morgan fingerprint density at radius 1 is 1.37 bits per heavy atom. The molecule has 3 amide bonds. The molecule has 0 aliphatic carbocycles. The molecule has 7 heteroatoms. The quantitative estimate of drug-likeness (QED) is 0.756. The van der Waals surface area contributed by atoms with Crippen LogP contribution in [0, 0.1) is 0 Å². The molecule has 0 saturated carbocycles. The van der Waals surface area contributed by atoms with Crippen molar-refractivity contribution in [2.24, 2.45) is 7.05 Å². The standard InChI is InChI=1S/C12H17N3O4/c1-3-6-13-12(18)14-10(16)8-19-11(17)9-5-4-7-15(9)2/h4-5,7H,3,6,8H2,1-2H3,(H2,13,14,16,18). The number of hydrogen-bond acceptors (Lipinski definition) is 4. The van der Waals surface area contributed by atoms with Gasteiger partial charge in [0.25, 0.3) is 5.91 Å². The van der Waals surface area contributed by atoms with E-state index in [0.717, 1.165) is 6.42 Å². The molecule has 0 aliphatic heterocycles. The Kier molecular flexibility index (Phi) is 5.59. The summed E-state index contributed by atoms with van der Waals surface area (Å²) in [6, 6.07) is 2.67. The average Bonchev–Trinajstić information content (AvgIpc) is 2.79. The second-order valence-corrected chi connectivity index (χ2v) is 3.88. The highest BCUT2D eigenvalue weighted by Gasteiger charge is 2.13. The summed E-state index contributed by atoms with van der Waals surface area (Å²) in [6.07, 6.45) is 2.46. The van der Waals surface area contributed by atoms with Crippen LogP contribution in [0.2, 0.25) is 0 Å². The van der Waals surface area contributed by atoms with Gasteiger partial charge in [0.2, 0.25) is 0 Å². The van der Waals surface area contributed by atoms with Crippen LogP contribution in [0.3, 0.4) is 0 Å². The number of nitrogens with one attached hydrogen (secondary N) is 2. The number of carbonyl (C=O) groups is 3. The minimum atomic E-state index is -0.670. The maximum Gasteiger partial charge on any atom is 0.355 e. The van der Waals surface area contributed by atoms with Crippen molar-refractivity contribution in [3.05, 3.63) is 24.0 Å². The van der Waals surface area contributed by atoms with Gasteiger partial charge < -0.3 is 14.6 Å². The maximum absolute atomic E-state index is 11.6. The Bertz CT molecular complexity index is 467. The number of ether oxygens (including phenoxy) is 1. The fourth-order valence-electron chi connectivity index (χ4n) is 1.32. The molecule has 104 valence electrons. The van der Waals surface area contributed by atoms with Crippen LogP contribution < -0.4 is 10.6 Å². The smallest absolute Gasteiger partial charge is 0.355 e. The molecule has 0 atom stereocenters. The molecule has 0 saturated heterocycles. The molecule has 1 heterocycles. The number of nitrogens with zero attached hydrogens (tertiary/aromatic N) is 1. The van der Waals surface area contributed by atoms with Gasteiger partial charge in [-0.3, -0.25) is 10.1 Å². The van der Waals surface area contributed by atoms with Gasteiger partial charge in [-0.05, 0) is 18.6 Å². The Balaban J connectivity index is 2.33. The van der Waals surface area contributed by atoms with Gasteiger partial charge >= 0.3 is 12.0 Å². The molecule has 0 unspecified atom stereocenters. The minimum Gasteiger partial charge on any atom is -0.451 e. The van der Waals surface area contributed by atoms with Gasteiger partial charge in [0.15, 0.2) is 6.61 Å². The molecular weight excluding hydrogens is 250 g/mol. The molecular formula is C12H17N3O4. The first kappa shape index (κ1) is 14.7. The third-order valence-corrected chi connectivity index (χ3v) is 2.28. The number of hydrogen-bond donors (Lipinski definition) is 2. The number of aromatic nitrogens is 1. The van der Waals surface area contributed by atoms with Gasteiger partial charge in [-0.25, -0.2) is 9.59 Å². The van der Waals surface area contributed by atoms with E-state index in [0.29, 0.717) is 12.2 Å². The number of aryl methyl sites for hydroxylation is 1. The summed E-state index contributed by atoms with van der Waals surface area (Å²) in [4.78, 5) is 34.0. The Hall–Kier alpha value is -2.31. The van der Waals surface area contributed by atoms with E-state index in [1.165, 1.54) is 0 Å². The zero-order valence-corrected chi connectivity index (χ0v) is 10.9. The van der Waals surface area contributed by atoms with Crippen LogP contribution in [0.15, 0.2) is 18.3 Å². The van der Waals surface area contributed by atoms with Gasteiger partial charge in [-0.2, -0.15) is 0 Å². The van der Waals surface area contributed by atoms with Crippen LogP contribution in [0.4, 0.5) is 4.79 Å². The predicted molar refractivity (Wildman–Crippen MR) is 67.5 cm³/mol. The number of urea groups is 1. The van der Waals surface area contributed by atoms with E-state index in [1.807, 2.05) is 6.92 Å². The van der Waals surface area contributed by atoms with E-state index in [9.17, 15) is 14.4 Å². The summed E-state index contributed by atoms with van der Waals surface area (Å²) in [7, 11) is 1.69. The molecule has 7 nitrogen and oxygen atoms in total. The average molecular weight is 267 g/mol. The first-order valence-electron chi connectivity index (χ1n) is 5.90. The first-order chi connectivity index (χ1) is 9.04. The van der Waals surface area contributed by atoms with Crippen LogP contribution in [-0.4, -0.2) is 35.6 Å². The topological polar surface area (TPSA) is 89.4 Å². The summed E-state index contributed by atoms with van der Waals surface area (Å²) in [5.74, 6) is -1.28. The minimum absolute atomic E-state index is 0.336. The third kappa shape index (κ3) is 4.82. The number of amides is 3. The lowest BCUT2D eigenvalue weighted by Crippen LogP contribution is -2.41. The Morgan fingerprint density at radius 2 is 2.11 bits per heavy atom. The van der Waals surface area contributed by atoms with Gasteiger partial charge in [-0.15, -0.1) is 0 Å². The Morgan fingerprint density at radius 3 is 2.68 bits per heavy atom. The van der Waals surface area contributed by atoms with E-state index in [-0.39, 0.29) is 0 Å². The summed E-state index contributed by atoms with van der Waals surface area (Å²) in [5.41, 5.74) is 0.336. The van der Waals surface area contributed by atoms with Crippen molar-refractivity contribution in [1.29, 1.82) is 0 Å². The van der Waals surface area contributed by atoms with E-state index in [1.54, 1.807) is 29.9 Å². The lowest BCUT2D eigenvalue weighted by molar-refractivity contribution is -0.123. The maximum atomic E-state index is 11.6. The van der Waals surface area contributed by atoms with Crippen molar-refractivity contribution in [3.8, 4) is 0 Å². The van der Waals surface area contributed by atoms with E-state index in [4.69, 9.17) is 4.74 Å². The molecule has 2 N–H and O–H groups in total. The third-order valence-electron chi connectivity index (χ3n) is 2.28. The summed E-state index contributed by atoms with van der Waals surface area (Å²) in [6.45, 7) is 1.87. The first-order valence-corrected chi connectivity index (χ1v) is 5.90. The van der Waals surface area contributed by atoms with Crippen molar-refractivity contribution in [1.82, 2.24) is 15.2 Å². The van der Waals surface area contributed by atoms with Crippen molar-refractivity contribution in [3.63, 3.8) is 0 Å². The van der Waals surface area contributed by atoms with Gasteiger partial charge in [0, 0.05) is 19.8 Å². The molecule has 1 aromatic heterocycles. The molecule has 19 heavy (non-hydrogen) atoms. The second-order valence-electron chi connectivity index (χ2n) is 3.88. The SMILES string of the molecule is CCCNC(=O)NC(=O)COC(=O)c1cccn1C. The molecule has 0 aromatic carbocycles. The summed E-state index contributed by atoms with van der Waals surface area (Å²) >= 11 is 0. The zero-order chi connectivity index (χ0) is 14.3. The van der Waals surface area contributed by atoms with Gasteiger partial charge in [-0.1, -0.05) is 6.92 Å². The molecule has 0 spiro atoms. The Labute approximate surface area is 110 Å². The highest BCUT2D eigenvalue weighted by Crippen LogP contribution is 2.01.